The topological polar surface area (TPSA) is 92.4 Å². The van der Waals surface area contributed by atoms with Gasteiger partial charge in [0.1, 0.15) is 11.4 Å². The lowest BCUT2D eigenvalue weighted by atomic mass is 10.1. The lowest BCUT2D eigenvalue weighted by Gasteiger charge is -2.08. The number of sulfonamides is 1. The van der Waals surface area contributed by atoms with Crippen LogP contribution < -0.4 is 4.72 Å². The van der Waals surface area contributed by atoms with E-state index in [0.717, 1.165) is 0 Å². The standard InChI is InChI=1S/C16H14N2O4S/c19-11-14-15(16(22-17-14)12-7-3-1-4-8-12)18-23(20,21)13-9-5-2-6-10-13/h1-10,18-19H,11H2. The van der Waals surface area contributed by atoms with E-state index in [-0.39, 0.29) is 22.0 Å². The van der Waals surface area contributed by atoms with Crippen LogP contribution in [0.5, 0.6) is 0 Å². The molecule has 1 heterocycles. The van der Waals surface area contributed by atoms with Gasteiger partial charge in [0.05, 0.1) is 11.5 Å². The molecule has 0 fully saturated rings. The Morgan fingerprint density at radius 1 is 1.00 bits per heavy atom. The highest BCUT2D eigenvalue weighted by molar-refractivity contribution is 7.92. The summed E-state index contributed by atoms with van der Waals surface area (Å²) in [6, 6.07) is 16.9. The molecule has 6 nitrogen and oxygen atoms in total. The van der Waals surface area contributed by atoms with Gasteiger partial charge in [-0.05, 0) is 12.1 Å². The third-order valence-electron chi connectivity index (χ3n) is 3.24. The van der Waals surface area contributed by atoms with Gasteiger partial charge in [0.25, 0.3) is 10.0 Å². The van der Waals surface area contributed by atoms with Crippen molar-refractivity contribution in [3.8, 4) is 11.3 Å². The van der Waals surface area contributed by atoms with Crippen LogP contribution in [0.1, 0.15) is 5.69 Å². The minimum Gasteiger partial charge on any atom is -0.390 e. The minimum absolute atomic E-state index is 0.115. The van der Waals surface area contributed by atoms with Crippen molar-refractivity contribution < 1.29 is 18.0 Å². The number of nitrogens with zero attached hydrogens (tertiary/aromatic N) is 1. The second kappa shape index (κ2) is 6.23. The lowest BCUT2D eigenvalue weighted by molar-refractivity contribution is 0.267. The van der Waals surface area contributed by atoms with E-state index in [1.165, 1.54) is 12.1 Å². The Labute approximate surface area is 133 Å². The van der Waals surface area contributed by atoms with Crippen LogP contribution in [0.3, 0.4) is 0 Å². The largest absolute Gasteiger partial charge is 0.390 e. The Bertz CT molecular complexity index is 890. The molecular formula is C16H14N2O4S. The zero-order valence-electron chi connectivity index (χ0n) is 12.0. The van der Waals surface area contributed by atoms with E-state index in [1.54, 1.807) is 42.5 Å². The van der Waals surface area contributed by atoms with Gasteiger partial charge in [-0.25, -0.2) is 8.42 Å². The van der Waals surface area contributed by atoms with Gasteiger partial charge in [0, 0.05) is 5.56 Å². The van der Waals surface area contributed by atoms with E-state index < -0.39 is 16.6 Å². The normalized spacial score (nSPS) is 11.3. The molecule has 23 heavy (non-hydrogen) atoms. The molecule has 118 valence electrons. The predicted octanol–water partition coefficient (Wildman–Crippen LogP) is 2.63. The summed E-state index contributed by atoms with van der Waals surface area (Å²) < 4.78 is 32.7. The van der Waals surface area contributed by atoms with Gasteiger partial charge < -0.3 is 9.63 Å². The highest BCUT2D eigenvalue weighted by atomic mass is 32.2. The minimum atomic E-state index is -3.81. The van der Waals surface area contributed by atoms with Crippen LogP contribution in [0, 0.1) is 0 Å². The van der Waals surface area contributed by atoms with Crippen LogP contribution in [0.4, 0.5) is 5.69 Å². The Morgan fingerprint density at radius 2 is 1.61 bits per heavy atom. The lowest BCUT2D eigenvalue weighted by Crippen LogP contribution is -2.14. The molecule has 3 aromatic rings. The zero-order valence-corrected chi connectivity index (χ0v) is 12.8. The van der Waals surface area contributed by atoms with Crippen molar-refractivity contribution in [2.75, 3.05) is 4.72 Å². The maximum atomic E-state index is 12.5. The van der Waals surface area contributed by atoms with Crippen molar-refractivity contribution in [2.24, 2.45) is 0 Å². The number of rotatable bonds is 5. The fraction of sp³-hybridized carbons (Fsp3) is 0.0625. The molecule has 0 saturated heterocycles. The van der Waals surface area contributed by atoms with Gasteiger partial charge in [0.15, 0.2) is 5.76 Å². The monoisotopic (exact) mass is 330 g/mol. The fourth-order valence-electron chi connectivity index (χ4n) is 2.12. The summed E-state index contributed by atoms with van der Waals surface area (Å²) in [7, 11) is -3.81. The maximum Gasteiger partial charge on any atom is 0.262 e. The van der Waals surface area contributed by atoms with Crippen LogP contribution in [0.15, 0.2) is 70.1 Å². The molecular weight excluding hydrogens is 316 g/mol. The SMILES string of the molecule is O=S(=O)(Nc1c(CO)noc1-c1ccccc1)c1ccccc1. The third-order valence-corrected chi connectivity index (χ3v) is 4.60. The number of aliphatic hydroxyl groups is 1. The quantitative estimate of drug-likeness (QED) is 0.750. The van der Waals surface area contributed by atoms with Crippen LogP contribution >= 0.6 is 0 Å². The van der Waals surface area contributed by atoms with Crippen molar-refractivity contribution in [3.05, 3.63) is 66.4 Å². The molecule has 0 atom stereocenters. The Hall–Kier alpha value is -2.64. The van der Waals surface area contributed by atoms with Gasteiger partial charge in [-0.2, -0.15) is 0 Å². The molecule has 0 aliphatic heterocycles. The number of benzene rings is 2. The Kier molecular flexibility index (Phi) is 4.14. The van der Waals surface area contributed by atoms with Crippen molar-refractivity contribution in [2.45, 2.75) is 11.5 Å². The molecule has 0 saturated carbocycles. The third kappa shape index (κ3) is 3.10. The van der Waals surface area contributed by atoms with Gasteiger partial charge in [-0.1, -0.05) is 53.7 Å². The average Bonchev–Trinajstić information content (AvgIpc) is 2.98. The molecule has 0 amide bonds. The number of anilines is 1. The van der Waals surface area contributed by atoms with E-state index in [9.17, 15) is 13.5 Å². The summed E-state index contributed by atoms with van der Waals surface area (Å²) in [6.07, 6.45) is 0. The number of aromatic nitrogens is 1. The molecule has 0 aliphatic rings. The molecule has 0 aliphatic carbocycles. The van der Waals surface area contributed by atoms with Crippen LogP contribution in [-0.4, -0.2) is 18.7 Å². The van der Waals surface area contributed by atoms with Crippen LogP contribution in [0.25, 0.3) is 11.3 Å². The molecule has 1 aromatic heterocycles. The summed E-state index contributed by atoms with van der Waals surface area (Å²) in [5, 5.41) is 13.1. The molecule has 7 heteroatoms. The summed E-state index contributed by atoms with van der Waals surface area (Å²) >= 11 is 0. The second-order valence-electron chi connectivity index (χ2n) is 4.78. The molecule has 0 spiro atoms. The van der Waals surface area contributed by atoms with Crippen molar-refractivity contribution in [1.29, 1.82) is 0 Å². The molecule has 2 N–H and O–H groups in total. The second-order valence-corrected chi connectivity index (χ2v) is 6.46. The summed E-state index contributed by atoms with van der Waals surface area (Å²) in [4.78, 5) is 0.115. The first-order valence-corrected chi connectivity index (χ1v) is 8.33. The molecule has 3 rings (SSSR count). The molecule has 0 unspecified atom stereocenters. The highest BCUT2D eigenvalue weighted by Crippen LogP contribution is 2.32. The van der Waals surface area contributed by atoms with Gasteiger partial charge in [-0.15, -0.1) is 0 Å². The number of nitrogens with one attached hydrogen (secondary N) is 1. The summed E-state index contributed by atoms with van der Waals surface area (Å²) in [6.45, 7) is -0.441. The summed E-state index contributed by atoms with van der Waals surface area (Å²) in [5.74, 6) is 0.258. The van der Waals surface area contributed by atoms with Crippen LogP contribution in [-0.2, 0) is 16.6 Å². The Balaban J connectivity index is 2.05. The number of hydrogen-bond donors (Lipinski definition) is 2. The van der Waals surface area contributed by atoms with Gasteiger partial charge in [0.2, 0.25) is 0 Å². The number of hydrogen-bond acceptors (Lipinski definition) is 5. The van der Waals surface area contributed by atoms with E-state index >= 15 is 0 Å². The molecule has 2 aromatic carbocycles. The zero-order chi connectivity index (χ0) is 16.3. The van der Waals surface area contributed by atoms with E-state index in [2.05, 4.69) is 9.88 Å². The van der Waals surface area contributed by atoms with E-state index in [1.807, 2.05) is 6.07 Å². The summed E-state index contributed by atoms with van der Waals surface area (Å²) in [5.41, 5.74) is 0.927. The predicted molar refractivity (Wildman–Crippen MR) is 85.1 cm³/mol. The molecule has 0 bridgehead atoms. The first kappa shape index (κ1) is 15.3. The van der Waals surface area contributed by atoms with Gasteiger partial charge in [-0.3, -0.25) is 4.72 Å². The van der Waals surface area contributed by atoms with Crippen LogP contribution in [0.2, 0.25) is 0 Å². The van der Waals surface area contributed by atoms with Crippen molar-refractivity contribution in [3.63, 3.8) is 0 Å². The van der Waals surface area contributed by atoms with Crippen molar-refractivity contribution in [1.82, 2.24) is 5.16 Å². The maximum absolute atomic E-state index is 12.5. The smallest absolute Gasteiger partial charge is 0.262 e. The van der Waals surface area contributed by atoms with Crippen molar-refractivity contribution >= 4 is 15.7 Å². The van der Waals surface area contributed by atoms with E-state index in [0.29, 0.717) is 5.56 Å². The fourth-order valence-corrected chi connectivity index (χ4v) is 3.23. The first-order chi connectivity index (χ1) is 11.1. The average molecular weight is 330 g/mol. The molecule has 0 radical (unpaired) electrons. The van der Waals surface area contributed by atoms with Gasteiger partial charge >= 0.3 is 0 Å². The first-order valence-electron chi connectivity index (χ1n) is 6.84. The highest BCUT2D eigenvalue weighted by Gasteiger charge is 2.23. The Morgan fingerprint density at radius 3 is 2.22 bits per heavy atom. The number of aliphatic hydroxyl groups excluding tert-OH is 1. The van der Waals surface area contributed by atoms with E-state index in [4.69, 9.17) is 4.52 Å².